The van der Waals surface area contributed by atoms with Crippen molar-refractivity contribution in [2.75, 3.05) is 6.61 Å². The lowest BCUT2D eigenvalue weighted by Gasteiger charge is -2.24. The van der Waals surface area contributed by atoms with E-state index in [2.05, 4.69) is 10.5 Å². The van der Waals surface area contributed by atoms with Gasteiger partial charge in [0, 0.05) is 0 Å². The van der Waals surface area contributed by atoms with Gasteiger partial charge < -0.3 is 13.9 Å². The Bertz CT molecular complexity index is 377. The summed E-state index contributed by atoms with van der Waals surface area (Å²) in [5, 5.41) is 0. The van der Waals surface area contributed by atoms with Crippen LogP contribution in [0.4, 0.5) is 0 Å². The molecule has 3 nitrogen and oxygen atoms in total. The van der Waals surface area contributed by atoms with Crippen molar-refractivity contribution < 1.29 is 13.9 Å². The molecule has 1 aliphatic carbocycles. The maximum absolute atomic E-state index is 5.79. The second-order valence-electron chi connectivity index (χ2n) is 5.07. The first-order chi connectivity index (χ1) is 9.29. The molecule has 1 fully saturated rings. The van der Waals surface area contributed by atoms with Gasteiger partial charge in [-0.1, -0.05) is 31.4 Å². The minimum atomic E-state index is -0.259. The maximum Gasteiger partial charge on any atom is 0.341 e. The zero-order chi connectivity index (χ0) is 13.5. The van der Waals surface area contributed by atoms with E-state index in [1.807, 2.05) is 31.2 Å². The highest BCUT2D eigenvalue weighted by Crippen LogP contribution is 2.28. The van der Waals surface area contributed by atoms with Gasteiger partial charge in [0.05, 0.1) is 6.61 Å². The van der Waals surface area contributed by atoms with Gasteiger partial charge in [-0.3, -0.25) is 0 Å². The summed E-state index contributed by atoms with van der Waals surface area (Å²) in [6.07, 6.45) is 6.36. The molecule has 2 rings (SSSR count). The average molecular weight is 277 g/mol. The zero-order valence-electron chi connectivity index (χ0n) is 11.4. The molecule has 0 heterocycles. The summed E-state index contributed by atoms with van der Waals surface area (Å²) in [5.41, 5.74) is 0. The van der Waals surface area contributed by atoms with E-state index in [9.17, 15) is 0 Å². The second-order valence-corrected chi connectivity index (χ2v) is 5.28. The SMILES string of the molecule is CC(OCC1CCCCC1)Oc1ccccc1O[Si]. The number of benzene rings is 1. The quantitative estimate of drug-likeness (QED) is 0.588. The molecule has 1 aromatic rings. The van der Waals surface area contributed by atoms with Crippen molar-refractivity contribution >= 4 is 10.5 Å². The molecule has 0 bridgehead atoms. The molecule has 3 radical (unpaired) electrons. The van der Waals surface area contributed by atoms with Crippen molar-refractivity contribution in [1.29, 1.82) is 0 Å². The van der Waals surface area contributed by atoms with Gasteiger partial charge in [0.1, 0.15) is 5.75 Å². The molecule has 19 heavy (non-hydrogen) atoms. The summed E-state index contributed by atoms with van der Waals surface area (Å²) in [4.78, 5) is 0. The Kier molecular flexibility index (Phi) is 5.73. The van der Waals surface area contributed by atoms with E-state index in [1.165, 1.54) is 32.1 Å². The van der Waals surface area contributed by atoms with Crippen LogP contribution in [-0.4, -0.2) is 23.4 Å². The summed E-state index contributed by atoms with van der Waals surface area (Å²) < 4.78 is 16.6. The third-order valence-corrected chi connectivity index (χ3v) is 3.76. The molecule has 0 saturated heterocycles. The third kappa shape index (κ3) is 4.55. The minimum Gasteiger partial charge on any atom is -0.538 e. The van der Waals surface area contributed by atoms with E-state index >= 15 is 0 Å². The van der Waals surface area contributed by atoms with Crippen molar-refractivity contribution in [3.05, 3.63) is 24.3 Å². The number of rotatable bonds is 6. The van der Waals surface area contributed by atoms with Gasteiger partial charge in [-0.15, -0.1) is 0 Å². The van der Waals surface area contributed by atoms with Crippen LogP contribution in [0.1, 0.15) is 39.0 Å². The first-order valence-electron chi connectivity index (χ1n) is 7.00. The number of hydrogen-bond donors (Lipinski definition) is 0. The molecule has 0 aliphatic heterocycles. The van der Waals surface area contributed by atoms with Gasteiger partial charge >= 0.3 is 10.5 Å². The van der Waals surface area contributed by atoms with Crippen molar-refractivity contribution in [1.82, 2.24) is 0 Å². The Labute approximate surface area is 118 Å². The van der Waals surface area contributed by atoms with Gasteiger partial charge in [0.2, 0.25) is 0 Å². The van der Waals surface area contributed by atoms with Crippen LogP contribution in [0.25, 0.3) is 0 Å². The Morgan fingerprint density at radius 2 is 1.84 bits per heavy atom. The zero-order valence-corrected chi connectivity index (χ0v) is 12.4. The normalized spacial score (nSPS) is 18.0. The Morgan fingerprint density at radius 3 is 2.53 bits per heavy atom. The van der Waals surface area contributed by atoms with E-state index < -0.39 is 0 Å². The van der Waals surface area contributed by atoms with E-state index in [0.717, 1.165) is 6.61 Å². The molecular formula is C15H21O3Si. The molecule has 1 saturated carbocycles. The summed E-state index contributed by atoms with van der Waals surface area (Å²) in [7, 11) is 3.03. The summed E-state index contributed by atoms with van der Waals surface area (Å²) in [6.45, 7) is 2.71. The fourth-order valence-corrected chi connectivity index (χ4v) is 2.64. The van der Waals surface area contributed by atoms with Crippen LogP contribution >= 0.6 is 0 Å². The highest BCUT2D eigenvalue weighted by molar-refractivity contribution is 6.00. The lowest BCUT2D eigenvalue weighted by molar-refractivity contribution is -0.0825. The molecule has 1 unspecified atom stereocenters. The van der Waals surface area contributed by atoms with E-state index in [0.29, 0.717) is 17.4 Å². The summed E-state index contributed by atoms with van der Waals surface area (Å²) in [5.74, 6) is 2.04. The average Bonchev–Trinajstić information content (AvgIpc) is 2.47. The fraction of sp³-hybridized carbons (Fsp3) is 0.600. The van der Waals surface area contributed by atoms with Gasteiger partial charge in [0.15, 0.2) is 12.0 Å². The smallest absolute Gasteiger partial charge is 0.341 e. The molecule has 1 atom stereocenters. The highest BCUT2D eigenvalue weighted by Gasteiger charge is 2.16. The lowest BCUT2D eigenvalue weighted by atomic mass is 9.90. The highest BCUT2D eigenvalue weighted by atomic mass is 28.2. The second kappa shape index (κ2) is 7.55. The topological polar surface area (TPSA) is 27.7 Å². The van der Waals surface area contributed by atoms with Crippen LogP contribution in [0.15, 0.2) is 24.3 Å². The molecule has 103 valence electrons. The van der Waals surface area contributed by atoms with E-state index in [4.69, 9.17) is 13.9 Å². The fourth-order valence-electron chi connectivity index (χ4n) is 2.47. The van der Waals surface area contributed by atoms with Gasteiger partial charge in [0.25, 0.3) is 0 Å². The number of hydrogen-bond acceptors (Lipinski definition) is 3. The summed E-state index contributed by atoms with van der Waals surface area (Å²) >= 11 is 0. The number of para-hydroxylation sites is 2. The molecule has 0 spiro atoms. The van der Waals surface area contributed by atoms with Gasteiger partial charge in [-0.25, -0.2) is 0 Å². The minimum absolute atomic E-state index is 0.259. The first-order valence-corrected chi connectivity index (χ1v) is 7.41. The molecule has 0 N–H and O–H groups in total. The molecule has 0 amide bonds. The van der Waals surface area contributed by atoms with Crippen LogP contribution in [0.5, 0.6) is 11.5 Å². The van der Waals surface area contributed by atoms with Crippen molar-refractivity contribution in [3.8, 4) is 11.5 Å². The van der Waals surface area contributed by atoms with Crippen LogP contribution in [-0.2, 0) is 4.74 Å². The monoisotopic (exact) mass is 277 g/mol. The molecular weight excluding hydrogens is 256 g/mol. The van der Waals surface area contributed by atoms with Crippen molar-refractivity contribution in [3.63, 3.8) is 0 Å². The molecule has 1 aromatic carbocycles. The Balaban J connectivity index is 1.78. The predicted octanol–water partition coefficient (Wildman–Crippen LogP) is 3.47. The third-order valence-electron chi connectivity index (χ3n) is 3.54. The lowest BCUT2D eigenvalue weighted by Crippen LogP contribution is -2.22. The standard InChI is InChI=1S/C15H21O3Si/c1-12(16-11-13-7-3-2-4-8-13)17-14-9-5-6-10-15(14)18-19/h5-6,9-10,12-13H,2-4,7-8,11H2,1H3. The summed E-state index contributed by atoms with van der Waals surface area (Å²) in [6, 6.07) is 7.53. The Hall–Kier alpha value is -1.00. The molecule has 0 aromatic heterocycles. The Morgan fingerprint density at radius 1 is 1.16 bits per heavy atom. The maximum atomic E-state index is 5.79. The molecule has 4 heteroatoms. The van der Waals surface area contributed by atoms with E-state index in [1.54, 1.807) is 0 Å². The first kappa shape index (κ1) is 14.4. The van der Waals surface area contributed by atoms with E-state index in [-0.39, 0.29) is 6.29 Å². The van der Waals surface area contributed by atoms with Gasteiger partial charge in [-0.2, -0.15) is 0 Å². The van der Waals surface area contributed by atoms with Gasteiger partial charge in [-0.05, 0) is 37.8 Å². The largest absolute Gasteiger partial charge is 0.538 e. The molecule has 1 aliphatic rings. The van der Waals surface area contributed by atoms with Crippen molar-refractivity contribution in [2.24, 2.45) is 5.92 Å². The van der Waals surface area contributed by atoms with Crippen LogP contribution in [0.2, 0.25) is 0 Å². The predicted molar refractivity (Wildman–Crippen MR) is 75.4 cm³/mol. The number of ether oxygens (including phenoxy) is 2. The van der Waals surface area contributed by atoms with Crippen LogP contribution in [0, 0.1) is 5.92 Å². The van der Waals surface area contributed by atoms with Crippen LogP contribution < -0.4 is 9.16 Å². The van der Waals surface area contributed by atoms with Crippen LogP contribution in [0.3, 0.4) is 0 Å². The van der Waals surface area contributed by atoms with Crippen molar-refractivity contribution in [2.45, 2.75) is 45.3 Å².